The van der Waals surface area contributed by atoms with Gasteiger partial charge < -0.3 is 0 Å². The third-order valence-electron chi connectivity index (χ3n) is 2.41. The molecule has 0 amide bonds. The molecular weight excluding hydrogens is 172 g/mol. The van der Waals surface area contributed by atoms with Crippen LogP contribution < -0.4 is 0 Å². The summed E-state index contributed by atoms with van der Waals surface area (Å²) in [6, 6.07) is 5.28. The summed E-state index contributed by atoms with van der Waals surface area (Å²) in [6.07, 6.45) is 3.76. The van der Waals surface area contributed by atoms with E-state index in [1.165, 1.54) is 5.56 Å². The highest BCUT2D eigenvalue weighted by molar-refractivity contribution is 5.08. The van der Waals surface area contributed by atoms with Gasteiger partial charge in [-0.2, -0.15) is 0 Å². The van der Waals surface area contributed by atoms with Gasteiger partial charge in [0.1, 0.15) is 0 Å². The average Bonchev–Trinajstić information content (AvgIpc) is 2.15. The number of rotatable bonds is 4. The molecule has 0 N–H and O–H groups in total. The number of pyridine rings is 1. The van der Waals surface area contributed by atoms with Crippen molar-refractivity contribution in [2.75, 3.05) is 0 Å². The fourth-order valence-electron chi connectivity index (χ4n) is 1.66. The maximum atomic E-state index is 4.13. The average molecular weight is 192 g/mol. The first-order chi connectivity index (χ1) is 6.61. The molecule has 1 heterocycles. The van der Waals surface area contributed by atoms with Gasteiger partial charge in [-0.25, -0.2) is 0 Å². The van der Waals surface area contributed by atoms with Crippen molar-refractivity contribution < 1.29 is 0 Å². The zero-order valence-electron chi connectivity index (χ0n) is 9.57. The first-order valence-corrected chi connectivity index (χ1v) is 5.26. The Kier molecular flexibility index (Phi) is 4.08. The molecule has 0 aliphatic rings. The van der Waals surface area contributed by atoms with Crippen molar-refractivity contribution in [2.45, 2.75) is 46.3 Å². The van der Waals surface area contributed by atoms with Gasteiger partial charge in [0.05, 0.1) is 0 Å². The van der Waals surface area contributed by atoms with Crippen molar-refractivity contribution >= 4 is 0 Å². The van der Waals surface area contributed by atoms with E-state index < -0.39 is 0 Å². The predicted octanol–water partition coefficient (Wildman–Crippen LogP) is 2.70. The lowest BCUT2D eigenvalue weighted by Gasteiger charge is -2.30. The van der Waals surface area contributed by atoms with Crippen LogP contribution in [0, 0.1) is 0 Å². The molecule has 78 valence electrons. The van der Waals surface area contributed by atoms with E-state index in [2.05, 4.69) is 43.6 Å². The molecule has 0 aliphatic heterocycles. The second kappa shape index (κ2) is 5.11. The molecule has 1 aromatic heterocycles. The Morgan fingerprint density at radius 1 is 1.21 bits per heavy atom. The minimum absolute atomic E-state index is 0.579. The molecule has 0 saturated heterocycles. The normalized spacial score (nSPS) is 11.6. The van der Waals surface area contributed by atoms with E-state index in [0.29, 0.717) is 12.1 Å². The van der Waals surface area contributed by atoms with E-state index in [0.717, 1.165) is 6.54 Å². The SMILES string of the molecule is CC(C)N(Cc1cccnc1)C(C)C. The van der Waals surface area contributed by atoms with Crippen molar-refractivity contribution in [3.8, 4) is 0 Å². The molecule has 1 aromatic rings. The van der Waals surface area contributed by atoms with Gasteiger partial charge in [0.25, 0.3) is 0 Å². The van der Waals surface area contributed by atoms with E-state index >= 15 is 0 Å². The smallest absolute Gasteiger partial charge is 0.0312 e. The van der Waals surface area contributed by atoms with Crippen LogP contribution in [0.4, 0.5) is 0 Å². The standard InChI is InChI=1S/C12H20N2/c1-10(2)14(11(3)4)9-12-6-5-7-13-8-12/h5-8,10-11H,9H2,1-4H3. The van der Waals surface area contributed by atoms with Crippen LogP contribution in [0.15, 0.2) is 24.5 Å². The molecule has 2 nitrogen and oxygen atoms in total. The van der Waals surface area contributed by atoms with Crippen LogP contribution >= 0.6 is 0 Å². The van der Waals surface area contributed by atoms with Crippen molar-refractivity contribution in [3.05, 3.63) is 30.1 Å². The molecule has 0 aromatic carbocycles. The van der Waals surface area contributed by atoms with Gasteiger partial charge in [-0.3, -0.25) is 9.88 Å². The molecule has 2 heteroatoms. The summed E-state index contributed by atoms with van der Waals surface area (Å²) in [6.45, 7) is 9.92. The van der Waals surface area contributed by atoms with Gasteiger partial charge in [-0.15, -0.1) is 0 Å². The second-order valence-electron chi connectivity index (χ2n) is 4.22. The van der Waals surface area contributed by atoms with Crippen molar-refractivity contribution in [2.24, 2.45) is 0 Å². The van der Waals surface area contributed by atoms with Crippen LogP contribution in [0.5, 0.6) is 0 Å². The van der Waals surface area contributed by atoms with E-state index in [4.69, 9.17) is 0 Å². The molecule has 0 saturated carbocycles. The van der Waals surface area contributed by atoms with E-state index in [-0.39, 0.29) is 0 Å². The third kappa shape index (κ3) is 3.11. The largest absolute Gasteiger partial charge is 0.294 e. The molecule has 0 spiro atoms. The van der Waals surface area contributed by atoms with E-state index in [1.54, 1.807) is 0 Å². The molecule has 0 aliphatic carbocycles. The monoisotopic (exact) mass is 192 g/mol. The second-order valence-corrected chi connectivity index (χ2v) is 4.22. The fraction of sp³-hybridized carbons (Fsp3) is 0.583. The predicted molar refractivity (Wildman–Crippen MR) is 60.1 cm³/mol. The van der Waals surface area contributed by atoms with Crippen molar-refractivity contribution in [1.82, 2.24) is 9.88 Å². The molecule has 0 bridgehead atoms. The lowest BCUT2D eigenvalue weighted by atomic mass is 10.2. The van der Waals surface area contributed by atoms with Crippen LogP contribution in [0.3, 0.4) is 0 Å². The van der Waals surface area contributed by atoms with Gasteiger partial charge in [0.15, 0.2) is 0 Å². The van der Waals surface area contributed by atoms with E-state index in [1.807, 2.05) is 18.5 Å². The number of nitrogens with zero attached hydrogens (tertiary/aromatic N) is 2. The summed E-state index contributed by atoms with van der Waals surface area (Å²) in [5, 5.41) is 0. The van der Waals surface area contributed by atoms with Crippen molar-refractivity contribution in [1.29, 1.82) is 0 Å². The lowest BCUT2D eigenvalue weighted by molar-refractivity contribution is 0.166. The molecule has 0 unspecified atom stereocenters. The Labute approximate surface area is 87.0 Å². The minimum atomic E-state index is 0.579. The maximum Gasteiger partial charge on any atom is 0.0312 e. The van der Waals surface area contributed by atoms with Crippen LogP contribution in [-0.2, 0) is 6.54 Å². The fourth-order valence-corrected chi connectivity index (χ4v) is 1.66. The summed E-state index contributed by atoms with van der Waals surface area (Å²) in [5.74, 6) is 0. The summed E-state index contributed by atoms with van der Waals surface area (Å²) in [7, 11) is 0. The summed E-state index contributed by atoms with van der Waals surface area (Å²) >= 11 is 0. The summed E-state index contributed by atoms with van der Waals surface area (Å²) < 4.78 is 0. The summed E-state index contributed by atoms with van der Waals surface area (Å²) in [5.41, 5.74) is 1.29. The van der Waals surface area contributed by atoms with Gasteiger partial charge in [-0.1, -0.05) is 6.07 Å². The molecule has 14 heavy (non-hydrogen) atoms. The third-order valence-corrected chi connectivity index (χ3v) is 2.41. The Morgan fingerprint density at radius 3 is 2.29 bits per heavy atom. The quantitative estimate of drug-likeness (QED) is 0.729. The van der Waals surface area contributed by atoms with Crippen LogP contribution in [0.25, 0.3) is 0 Å². The molecule has 0 fully saturated rings. The minimum Gasteiger partial charge on any atom is -0.294 e. The molecule has 0 radical (unpaired) electrons. The van der Waals surface area contributed by atoms with Crippen molar-refractivity contribution in [3.63, 3.8) is 0 Å². The van der Waals surface area contributed by atoms with Gasteiger partial charge in [-0.05, 0) is 39.3 Å². The van der Waals surface area contributed by atoms with Crippen LogP contribution in [-0.4, -0.2) is 22.0 Å². The van der Waals surface area contributed by atoms with Crippen LogP contribution in [0.1, 0.15) is 33.3 Å². The van der Waals surface area contributed by atoms with Gasteiger partial charge in [0, 0.05) is 31.0 Å². The lowest BCUT2D eigenvalue weighted by Crippen LogP contribution is -2.36. The highest BCUT2D eigenvalue weighted by atomic mass is 15.2. The van der Waals surface area contributed by atoms with Gasteiger partial charge in [0.2, 0.25) is 0 Å². The number of hydrogen-bond donors (Lipinski definition) is 0. The van der Waals surface area contributed by atoms with E-state index in [9.17, 15) is 0 Å². The zero-order chi connectivity index (χ0) is 10.6. The zero-order valence-corrected chi connectivity index (χ0v) is 9.57. The topological polar surface area (TPSA) is 16.1 Å². The van der Waals surface area contributed by atoms with Gasteiger partial charge >= 0.3 is 0 Å². The molecule has 0 atom stereocenters. The first kappa shape index (κ1) is 11.2. The maximum absolute atomic E-state index is 4.13. The Hall–Kier alpha value is -0.890. The number of hydrogen-bond acceptors (Lipinski definition) is 2. The molecule has 1 rings (SSSR count). The Morgan fingerprint density at radius 2 is 1.86 bits per heavy atom. The highest BCUT2D eigenvalue weighted by Gasteiger charge is 2.13. The highest BCUT2D eigenvalue weighted by Crippen LogP contribution is 2.10. The summed E-state index contributed by atoms with van der Waals surface area (Å²) in [4.78, 5) is 6.59. The molecular formula is C12H20N2. The number of aromatic nitrogens is 1. The van der Waals surface area contributed by atoms with Crippen LogP contribution in [0.2, 0.25) is 0 Å². The Balaban J connectivity index is 2.65. The Bertz CT molecular complexity index is 246. The first-order valence-electron chi connectivity index (χ1n) is 5.26.